The van der Waals surface area contributed by atoms with Gasteiger partial charge in [-0.3, -0.25) is 4.79 Å². The van der Waals surface area contributed by atoms with Crippen LogP contribution in [0.4, 0.5) is 4.79 Å². The van der Waals surface area contributed by atoms with Crippen molar-refractivity contribution in [1.29, 1.82) is 0 Å². The van der Waals surface area contributed by atoms with E-state index in [1.54, 1.807) is 24.3 Å². The van der Waals surface area contributed by atoms with Crippen LogP contribution in [0.1, 0.15) is 63.0 Å². The van der Waals surface area contributed by atoms with Gasteiger partial charge < -0.3 is 16.4 Å². The first-order chi connectivity index (χ1) is 11.5. The van der Waals surface area contributed by atoms with E-state index in [0.717, 1.165) is 31.2 Å². The third-order valence-electron chi connectivity index (χ3n) is 4.45. The SMILES string of the molecule is NC(=O)N[C@@H](CC(=O)NC1CCCCCCC1)c1ccc(Cl)cc1. The summed E-state index contributed by atoms with van der Waals surface area (Å²) in [6.45, 7) is 0. The summed E-state index contributed by atoms with van der Waals surface area (Å²) in [6, 6.07) is 6.20. The molecule has 0 bridgehead atoms. The highest BCUT2D eigenvalue weighted by molar-refractivity contribution is 6.30. The molecule has 0 saturated heterocycles. The van der Waals surface area contributed by atoms with E-state index < -0.39 is 12.1 Å². The summed E-state index contributed by atoms with van der Waals surface area (Å²) in [5.41, 5.74) is 6.06. The van der Waals surface area contributed by atoms with E-state index in [-0.39, 0.29) is 18.4 Å². The maximum atomic E-state index is 12.4. The number of halogens is 1. The fourth-order valence-electron chi connectivity index (χ4n) is 3.19. The normalized spacial score (nSPS) is 17.4. The van der Waals surface area contributed by atoms with Gasteiger partial charge in [-0.2, -0.15) is 0 Å². The Labute approximate surface area is 148 Å². The highest BCUT2D eigenvalue weighted by atomic mass is 35.5. The van der Waals surface area contributed by atoms with Crippen LogP contribution in [0.2, 0.25) is 5.02 Å². The second-order valence-corrected chi connectivity index (χ2v) is 6.86. The number of amides is 3. The van der Waals surface area contributed by atoms with Gasteiger partial charge in [-0.25, -0.2) is 4.79 Å². The number of urea groups is 1. The number of primary amides is 1. The number of hydrogen-bond acceptors (Lipinski definition) is 2. The monoisotopic (exact) mass is 351 g/mol. The summed E-state index contributed by atoms with van der Waals surface area (Å²) in [5.74, 6) is -0.0609. The second kappa shape index (κ2) is 9.52. The summed E-state index contributed by atoms with van der Waals surface area (Å²) in [7, 11) is 0. The quantitative estimate of drug-likeness (QED) is 0.756. The van der Waals surface area contributed by atoms with Gasteiger partial charge in [0.2, 0.25) is 5.91 Å². The third kappa shape index (κ3) is 6.40. The summed E-state index contributed by atoms with van der Waals surface area (Å²) < 4.78 is 0. The van der Waals surface area contributed by atoms with Crippen LogP contribution in [0.3, 0.4) is 0 Å². The summed E-state index contributed by atoms with van der Waals surface area (Å²) >= 11 is 5.89. The molecule has 0 heterocycles. The lowest BCUT2D eigenvalue weighted by Gasteiger charge is -2.23. The number of rotatable bonds is 5. The van der Waals surface area contributed by atoms with Crippen molar-refractivity contribution in [2.75, 3.05) is 0 Å². The van der Waals surface area contributed by atoms with Crippen molar-refractivity contribution in [2.24, 2.45) is 5.73 Å². The molecule has 3 amide bonds. The fourth-order valence-corrected chi connectivity index (χ4v) is 3.32. The maximum absolute atomic E-state index is 12.4. The average Bonchev–Trinajstić information content (AvgIpc) is 2.49. The van der Waals surface area contributed by atoms with Crippen molar-refractivity contribution in [2.45, 2.75) is 63.5 Å². The number of nitrogens with two attached hydrogens (primary N) is 1. The fraction of sp³-hybridized carbons (Fsp3) is 0.556. The summed E-state index contributed by atoms with van der Waals surface area (Å²) in [6.07, 6.45) is 8.31. The minimum Gasteiger partial charge on any atom is -0.353 e. The second-order valence-electron chi connectivity index (χ2n) is 6.43. The van der Waals surface area contributed by atoms with Crippen LogP contribution in [0.5, 0.6) is 0 Å². The van der Waals surface area contributed by atoms with E-state index in [1.807, 2.05) is 0 Å². The molecule has 1 aromatic carbocycles. The Balaban J connectivity index is 1.95. The molecule has 2 rings (SSSR count). The topological polar surface area (TPSA) is 84.2 Å². The summed E-state index contributed by atoms with van der Waals surface area (Å²) in [4.78, 5) is 23.7. The molecule has 1 saturated carbocycles. The van der Waals surface area contributed by atoms with Gasteiger partial charge in [0, 0.05) is 11.1 Å². The lowest BCUT2D eigenvalue weighted by molar-refractivity contribution is -0.122. The lowest BCUT2D eigenvalue weighted by atomic mass is 9.96. The Hall–Kier alpha value is -1.75. The van der Waals surface area contributed by atoms with Crippen molar-refractivity contribution in [3.63, 3.8) is 0 Å². The highest BCUT2D eigenvalue weighted by Gasteiger charge is 2.20. The van der Waals surface area contributed by atoms with E-state index in [0.29, 0.717) is 5.02 Å². The van der Waals surface area contributed by atoms with Crippen LogP contribution in [-0.4, -0.2) is 18.0 Å². The Morgan fingerprint density at radius 3 is 2.25 bits per heavy atom. The molecular formula is C18H26ClN3O2. The van der Waals surface area contributed by atoms with Crippen LogP contribution < -0.4 is 16.4 Å². The molecule has 1 aliphatic rings. The Morgan fingerprint density at radius 1 is 1.08 bits per heavy atom. The van der Waals surface area contributed by atoms with E-state index in [4.69, 9.17) is 17.3 Å². The van der Waals surface area contributed by atoms with E-state index in [1.165, 1.54) is 19.3 Å². The first kappa shape index (κ1) is 18.6. The Morgan fingerprint density at radius 2 is 1.67 bits per heavy atom. The van der Waals surface area contributed by atoms with Gasteiger partial charge in [0.15, 0.2) is 0 Å². The Kier molecular flexibility index (Phi) is 7.37. The predicted octanol–water partition coefficient (Wildman–Crippen LogP) is 3.67. The zero-order chi connectivity index (χ0) is 17.4. The van der Waals surface area contributed by atoms with Gasteiger partial charge in [-0.1, -0.05) is 55.8 Å². The van der Waals surface area contributed by atoms with Gasteiger partial charge in [0.1, 0.15) is 0 Å². The molecule has 0 aliphatic heterocycles. The van der Waals surface area contributed by atoms with Crippen LogP contribution >= 0.6 is 11.6 Å². The molecule has 6 heteroatoms. The number of benzene rings is 1. The maximum Gasteiger partial charge on any atom is 0.312 e. The Bertz CT molecular complexity index is 540. The molecule has 0 aromatic heterocycles. The van der Waals surface area contributed by atoms with Crippen molar-refractivity contribution in [3.05, 3.63) is 34.9 Å². The van der Waals surface area contributed by atoms with Crippen molar-refractivity contribution in [1.82, 2.24) is 10.6 Å². The molecule has 4 N–H and O–H groups in total. The van der Waals surface area contributed by atoms with Crippen LogP contribution in [0.15, 0.2) is 24.3 Å². The van der Waals surface area contributed by atoms with E-state index >= 15 is 0 Å². The molecule has 24 heavy (non-hydrogen) atoms. The zero-order valence-corrected chi connectivity index (χ0v) is 14.6. The van der Waals surface area contributed by atoms with Gasteiger partial charge in [0.05, 0.1) is 12.5 Å². The number of carbonyl (C=O) groups is 2. The van der Waals surface area contributed by atoms with Gasteiger partial charge in [-0.05, 0) is 30.5 Å². The van der Waals surface area contributed by atoms with Crippen LogP contribution in [0, 0.1) is 0 Å². The lowest BCUT2D eigenvalue weighted by Crippen LogP contribution is -2.40. The zero-order valence-electron chi connectivity index (χ0n) is 13.9. The minimum atomic E-state index is -0.645. The average molecular weight is 352 g/mol. The molecule has 0 radical (unpaired) electrons. The molecule has 132 valence electrons. The van der Waals surface area contributed by atoms with E-state index in [9.17, 15) is 9.59 Å². The predicted molar refractivity (Wildman–Crippen MR) is 95.8 cm³/mol. The third-order valence-corrected chi connectivity index (χ3v) is 4.70. The molecular weight excluding hydrogens is 326 g/mol. The molecule has 5 nitrogen and oxygen atoms in total. The van der Waals surface area contributed by atoms with Gasteiger partial charge >= 0.3 is 6.03 Å². The van der Waals surface area contributed by atoms with Crippen LogP contribution in [-0.2, 0) is 4.79 Å². The van der Waals surface area contributed by atoms with Crippen molar-refractivity contribution < 1.29 is 9.59 Å². The molecule has 0 spiro atoms. The first-order valence-corrected chi connectivity index (χ1v) is 9.03. The number of hydrogen-bond donors (Lipinski definition) is 3. The number of nitrogens with one attached hydrogen (secondary N) is 2. The van der Waals surface area contributed by atoms with Crippen molar-refractivity contribution in [3.8, 4) is 0 Å². The van der Waals surface area contributed by atoms with Gasteiger partial charge in [-0.15, -0.1) is 0 Å². The smallest absolute Gasteiger partial charge is 0.312 e. The van der Waals surface area contributed by atoms with Gasteiger partial charge in [0.25, 0.3) is 0 Å². The molecule has 1 aliphatic carbocycles. The molecule has 0 unspecified atom stereocenters. The number of carbonyl (C=O) groups excluding carboxylic acids is 2. The standard InChI is InChI=1S/C18H26ClN3O2/c19-14-10-8-13(9-11-14)16(22-18(20)24)12-17(23)21-15-6-4-2-1-3-5-7-15/h8-11,15-16H,1-7,12H2,(H,21,23)(H3,20,22,24)/t16-/m0/s1. The summed E-state index contributed by atoms with van der Waals surface area (Å²) in [5, 5.41) is 6.36. The highest BCUT2D eigenvalue weighted by Crippen LogP contribution is 2.21. The first-order valence-electron chi connectivity index (χ1n) is 8.65. The van der Waals surface area contributed by atoms with Crippen LogP contribution in [0.25, 0.3) is 0 Å². The van der Waals surface area contributed by atoms with E-state index in [2.05, 4.69) is 10.6 Å². The van der Waals surface area contributed by atoms with Crippen molar-refractivity contribution >= 4 is 23.5 Å². The molecule has 1 aromatic rings. The molecule has 1 fully saturated rings. The molecule has 1 atom stereocenters. The largest absolute Gasteiger partial charge is 0.353 e. The minimum absolute atomic E-state index is 0.0609.